The van der Waals surface area contributed by atoms with E-state index in [9.17, 15) is 8.78 Å². The summed E-state index contributed by atoms with van der Waals surface area (Å²) in [5.41, 5.74) is 0.788. The minimum Gasteiger partial charge on any atom is -0.354 e. The lowest BCUT2D eigenvalue weighted by Crippen LogP contribution is -2.05. The molecule has 0 unspecified atom stereocenters. The van der Waals surface area contributed by atoms with Gasteiger partial charge in [0, 0.05) is 18.3 Å². The fourth-order valence-corrected chi connectivity index (χ4v) is 1.93. The van der Waals surface area contributed by atoms with E-state index < -0.39 is 11.6 Å². The van der Waals surface area contributed by atoms with Crippen molar-refractivity contribution in [2.24, 2.45) is 0 Å². The van der Waals surface area contributed by atoms with Crippen LogP contribution in [0.3, 0.4) is 0 Å². The lowest BCUT2D eigenvalue weighted by Gasteiger charge is -2.09. The molecule has 6 nitrogen and oxygen atoms in total. The van der Waals surface area contributed by atoms with Gasteiger partial charge in [-0.05, 0) is 19.1 Å². The van der Waals surface area contributed by atoms with Crippen LogP contribution in [0, 0.1) is 11.6 Å². The Kier molecular flexibility index (Phi) is 3.35. The fourth-order valence-electron chi connectivity index (χ4n) is 1.93. The van der Waals surface area contributed by atoms with Crippen molar-refractivity contribution in [3.05, 3.63) is 36.0 Å². The SMILES string of the molecule is CCNc1nc(Nc2cc(F)cc(F)c2)c2cn[nH]c2n1. The molecule has 0 saturated carbocycles. The van der Waals surface area contributed by atoms with Gasteiger partial charge < -0.3 is 10.6 Å². The van der Waals surface area contributed by atoms with Gasteiger partial charge in [-0.1, -0.05) is 0 Å². The van der Waals surface area contributed by atoms with E-state index in [4.69, 9.17) is 0 Å². The molecular formula is C13H12F2N6. The first kappa shape index (κ1) is 13.2. The molecule has 108 valence electrons. The summed E-state index contributed by atoms with van der Waals surface area (Å²) in [6.45, 7) is 2.56. The number of aromatic nitrogens is 4. The zero-order valence-electron chi connectivity index (χ0n) is 11.1. The zero-order valence-corrected chi connectivity index (χ0v) is 11.1. The first-order chi connectivity index (χ1) is 10.2. The molecule has 3 N–H and O–H groups in total. The highest BCUT2D eigenvalue weighted by molar-refractivity contribution is 5.89. The lowest BCUT2D eigenvalue weighted by molar-refractivity contribution is 0.584. The summed E-state index contributed by atoms with van der Waals surface area (Å²) in [6, 6.07) is 3.18. The Hall–Kier alpha value is -2.77. The minimum absolute atomic E-state index is 0.260. The number of hydrogen-bond donors (Lipinski definition) is 3. The standard InChI is InChI=1S/C13H12F2N6/c1-2-16-13-19-11(10-6-17-21-12(10)20-13)18-9-4-7(14)3-8(15)5-9/h3-6H,2H2,1H3,(H3,16,17,18,19,20,21). The van der Waals surface area contributed by atoms with Gasteiger partial charge in [-0.3, -0.25) is 5.10 Å². The molecule has 2 aromatic heterocycles. The maximum absolute atomic E-state index is 13.2. The van der Waals surface area contributed by atoms with Gasteiger partial charge in [0.25, 0.3) is 0 Å². The molecule has 3 rings (SSSR count). The third kappa shape index (κ3) is 2.73. The average Bonchev–Trinajstić information content (AvgIpc) is 2.86. The van der Waals surface area contributed by atoms with Crippen LogP contribution in [0.15, 0.2) is 24.4 Å². The summed E-state index contributed by atoms with van der Waals surface area (Å²) in [5.74, 6) is -0.521. The molecule has 3 aromatic rings. The van der Waals surface area contributed by atoms with Crippen LogP contribution in [0.2, 0.25) is 0 Å². The van der Waals surface area contributed by atoms with Crippen LogP contribution in [-0.4, -0.2) is 26.7 Å². The number of anilines is 3. The molecule has 0 aliphatic rings. The predicted molar refractivity (Wildman–Crippen MR) is 75.5 cm³/mol. The number of halogens is 2. The quantitative estimate of drug-likeness (QED) is 0.688. The number of aromatic amines is 1. The van der Waals surface area contributed by atoms with Gasteiger partial charge in [-0.25, -0.2) is 8.78 Å². The Morgan fingerprint density at radius 3 is 2.62 bits per heavy atom. The topological polar surface area (TPSA) is 78.5 Å². The molecule has 1 aromatic carbocycles. The summed E-state index contributed by atoms with van der Waals surface area (Å²) in [7, 11) is 0. The van der Waals surface area contributed by atoms with Gasteiger partial charge in [0.05, 0.1) is 11.6 Å². The highest BCUT2D eigenvalue weighted by atomic mass is 19.1. The van der Waals surface area contributed by atoms with Crippen molar-refractivity contribution < 1.29 is 8.78 Å². The largest absolute Gasteiger partial charge is 0.354 e. The Balaban J connectivity index is 2.04. The maximum atomic E-state index is 13.2. The summed E-state index contributed by atoms with van der Waals surface area (Å²) >= 11 is 0. The fraction of sp³-hybridized carbons (Fsp3) is 0.154. The second kappa shape index (κ2) is 5.31. The molecule has 0 bridgehead atoms. The molecule has 0 spiro atoms. The van der Waals surface area contributed by atoms with E-state index in [-0.39, 0.29) is 5.69 Å². The van der Waals surface area contributed by atoms with Crippen molar-refractivity contribution in [2.75, 3.05) is 17.2 Å². The van der Waals surface area contributed by atoms with Crippen molar-refractivity contribution >= 4 is 28.5 Å². The van der Waals surface area contributed by atoms with Crippen LogP contribution >= 0.6 is 0 Å². The lowest BCUT2D eigenvalue weighted by atomic mass is 10.3. The van der Waals surface area contributed by atoms with Gasteiger partial charge in [-0.15, -0.1) is 0 Å². The van der Waals surface area contributed by atoms with Crippen molar-refractivity contribution in [1.29, 1.82) is 0 Å². The molecule has 0 aliphatic heterocycles. The number of nitrogens with one attached hydrogen (secondary N) is 3. The minimum atomic E-state index is -0.665. The normalized spacial score (nSPS) is 10.8. The van der Waals surface area contributed by atoms with Crippen LogP contribution in [-0.2, 0) is 0 Å². The van der Waals surface area contributed by atoms with E-state index >= 15 is 0 Å². The summed E-state index contributed by atoms with van der Waals surface area (Å²) in [6.07, 6.45) is 1.54. The predicted octanol–water partition coefficient (Wildman–Crippen LogP) is 2.81. The van der Waals surface area contributed by atoms with Gasteiger partial charge in [0.1, 0.15) is 17.5 Å². The van der Waals surface area contributed by atoms with Gasteiger partial charge in [0.15, 0.2) is 5.65 Å². The Labute approximate surface area is 118 Å². The molecule has 8 heteroatoms. The molecular weight excluding hydrogens is 278 g/mol. The summed E-state index contributed by atoms with van der Waals surface area (Å²) < 4.78 is 26.5. The highest BCUT2D eigenvalue weighted by Gasteiger charge is 2.10. The molecule has 21 heavy (non-hydrogen) atoms. The zero-order chi connectivity index (χ0) is 14.8. The highest BCUT2D eigenvalue weighted by Crippen LogP contribution is 2.24. The Morgan fingerprint density at radius 1 is 1.14 bits per heavy atom. The van der Waals surface area contributed by atoms with E-state index in [0.717, 1.165) is 6.07 Å². The Bertz CT molecular complexity index is 765. The number of fused-ring (bicyclic) bond motifs is 1. The number of rotatable bonds is 4. The van der Waals surface area contributed by atoms with Crippen LogP contribution in [0.25, 0.3) is 11.0 Å². The molecule has 0 saturated heterocycles. The summed E-state index contributed by atoms with van der Waals surface area (Å²) in [4.78, 5) is 8.51. The molecule has 0 radical (unpaired) electrons. The van der Waals surface area contributed by atoms with Crippen molar-refractivity contribution in [1.82, 2.24) is 20.2 Å². The van der Waals surface area contributed by atoms with Gasteiger partial charge in [0.2, 0.25) is 5.95 Å². The van der Waals surface area contributed by atoms with Crippen molar-refractivity contribution in [2.45, 2.75) is 6.92 Å². The number of hydrogen-bond acceptors (Lipinski definition) is 5. The third-order valence-electron chi connectivity index (χ3n) is 2.77. The maximum Gasteiger partial charge on any atom is 0.226 e. The van der Waals surface area contributed by atoms with E-state index in [1.807, 2.05) is 6.92 Å². The Morgan fingerprint density at radius 2 is 1.90 bits per heavy atom. The van der Waals surface area contributed by atoms with Gasteiger partial charge in [-0.2, -0.15) is 15.1 Å². The molecule has 0 amide bonds. The van der Waals surface area contributed by atoms with E-state index in [0.29, 0.717) is 29.3 Å². The second-order valence-electron chi connectivity index (χ2n) is 4.34. The average molecular weight is 290 g/mol. The van der Waals surface area contributed by atoms with E-state index in [1.54, 1.807) is 6.20 Å². The molecule has 0 fully saturated rings. The number of H-pyrrole nitrogens is 1. The smallest absolute Gasteiger partial charge is 0.226 e. The van der Waals surface area contributed by atoms with Crippen LogP contribution in [0.4, 0.5) is 26.2 Å². The molecule has 2 heterocycles. The first-order valence-electron chi connectivity index (χ1n) is 6.34. The van der Waals surface area contributed by atoms with Crippen LogP contribution in [0.1, 0.15) is 6.92 Å². The second-order valence-corrected chi connectivity index (χ2v) is 4.34. The first-order valence-corrected chi connectivity index (χ1v) is 6.34. The number of benzene rings is 1. The van der Waals surface area contributed by atoms with Crippen LogP contribution < -0.4 is 10.6 Å². The van der Waals surface area contributed by atoms with Crippen molar-refractivity contribution in [3.63, 3.8) is 0 Å². The molecule has 0 atom stereocenters. The monoisotopic (exact) mass is 290 g/mol. The van der Waals surface area contributed by atoms with Crippen LogP contribution in [0.5, 0.6) is 0 Å². The molecule has 0 aliphatic carbocycles. The van der Waals surface area contributed by atoms with E-state index in [1.165, 1.54) is 12.1 Å². The summed E-state index contributed by atoms with van der Waals surface area (Å²) in [5, 5.41) is 13.1. The van der Waals surface area contributed by atoms with Crippen molar-refractivity contribution in [3.8, 4) is 0 Å². The number of nitrogens with zero attached hydrogens (tertiary/aromatic N) is 3. The third-order valence-corrected chi connectivity index (χ3v) is 2.77. The van der Waals surface area contributed by atoms with Gasteiger partial charge >= 0.3 is 0 Å². The van der Waals surface area contributed by atoms with E-state index in [2.05, 4.69) is 30.8 Å².